The van der Waals surface area contributed by atoms with Crippen LogP contribution in [0.2, 0.25) is 0 Å². The third kappa shape index (κ3) is 3.07. The maximum atomic E-state index is 10.9. The third-order valence-corrected chi connectivity index (χ3v) is 1.66. The highest BCUT2D eigenvalue weighted by Crippen LogP contribution is 2.18. The summed E-state index contributed by atoms with van der Waals surface area (Å²) < 4.78 is 8.97. The average Bonchev–Trinajstić information content (AvgIpc) is 2.18. The number of nitrogens with zero attached hydrogens (tertiary/aromatic N) is 1. The summed E-state index contributed by atoms with van der Waals surface area (Å²) in [4.78, 5) is 0. The molecule has 1 rings (SSSR count). The van der Waals surface area contributed by atoms with Crippen molar-refractivity contribution in [3.05, 3.63) is 29.5 Å². The van der Waals surface area contributed by atoms with Crippen molar-refractivity contribution in [2.24, 2.45) is 0 Å². The van der Waals surface area contributed by atoms with E-state index in [0.29, 0.717) is 10.9 Å². The molecule has 0 aliphatic heterocycles. The fourth-order valence-electron chi connectivity index (χ4n) is 0.780. The van der Waals surface area contributed by atoms with Crippen molar-refractivity contribution in [2.75, 3.05) is 10.7 Å². The molecule has 7 heteroatoms. The number of nitrogens with one attached hydrogen (secondary N) is 1. The molecule has 1 aromatic carbocycles. The van der Waals surface area contributed by atoms with Gasteiger partial charge in [0.1, 0.15) is 0 Å². The molecule has 0 bridgehead atoms. The Bertz CT molecular complexity index is 257. The van der Waals surface area contributed by atoms with Crippen LogP contribution in [0, 0.1) is 5.21 Å². The molecule has 0 aromatic heterocycles. The molecular formula is C6H9N2O3P2-. The fraction of sp³-hybridized carbons (Fsp3) is 0. The van der Waals surface area contributed by atoms with Crippen LogP contribution in [0.15, 0.2) is 24.3 Å². The number of rotatable bonds is 4. The van der Waals surface area contributed by atoms with Gasteiger partial charge in [-0.25, -0.2) is 0 Å². The van der Waals surface area contributed by atoms with Gasteiger partial charge < -0.3 is 10.4 Å². The minimum absolute atomic E-state index is 0.385. The van der Waals surface area contributed by atoms with E-state index in [2.05, 4.69) is 24.2 Å². The van der Waals surface area contributed by atoms with E-state index >= 15 is 0 Å². The molecule has 2 atom stereocenters. The smallest absolute Gasteiger partial charge is 0.0609 e. The van der Waals surface area contributed by atoms with Crippen molar-refractivity contribution in [3.8, 4) is 0 Å². The summed E-state index contributed by atoms with van der Waals surface area (Å²) in [5.74, 6) is 0. The molecule has 1 aromatic rings. The number of hydrogen-bond acceptors (Lipinski definition) is 5. The summed E-state index contributed by atoms with van der Waals surface area (Å²) in [6, 6.07) is 6.58. The van der Waals surface area contributed by atoms with E-state index in [1.165, 1.54) is 0 Å². The fourth-order valence-corrected chi connectivity index (χ4v) is 1.04. The van der Waals surface area contributed by atoms with Gasteiger partial charge in [0.05, 0.1) is 11.4 Å². The van der Waals surface area contributed by atoms with Crippen LogP contribution >= 0.6 is 18.9 Å². The van der Waals surface area contributed by atoms with Gasteiger partial charge >= 0.3 is 0 Å². The SMILES string of the molecule is [O-]N(OP)c1ccc(NOP)cc1. The Morgan fingerprint density at radius 3 is 2.31 bits per heavy atom. The molecule has 0 spiro atoms. The van der Waals surface area contributed by atoms with Crippen molar-refractivity contribution in [1.29, 1.82) is 0 Å². The molecular weight excluding hydrogens is 210 g/mol. The lowest BCUT2D eigenvalue weighted by Gasteiger charge is -2.26. The minimum atomic E-state index is 0.385. The highest BCUT2D eigenvalue weighted by Gasteiger charge is 1.94. The first kappa shape index (κ1) is 10.6. The first-order valence-electron chi connectivity index (χ1n) is 3.34. The van der Waals surface area contributed by atoms with Crippen LogP contribution in [0.1, 0.15) is 0 Å². The van der Waals surface area contributed by atoms with E-state index in [1.54, 1.807) is 24.3 Å². The minimum Gasteiger partial charge on any atom is -0.733 e. The normalized spacial score (nSPS) is 9.77. The van der Waals surface area contributed by atoms with Crippen LogP contribution in [0.5, 0.6) is 0 Å². The largest absolute Gasteiger partial charge is 0.733 e. The van der Waals surface area contributed by atoms with Gasteiger partial charge in [0.25, 0.3) is 0 Å². The predicted octanol–water partition coefficient (Wildman–Crippen LogP) is 1.85. The molecule has 0 aliphatic rings. The first-order valence-corrected chi connectivity index (χ1v) is 4.28. The molecule has 1 N–H and O–H groups in total. The van der Waals surface area contributed by atoms with Crippen molar-refractivity contribution in [1.82, 2.24) is 0 Å². The molecule has 0 heterocycles. The number of hydrogen-bond donors (Lipinski definition) is 1. The van der Waals surface area contributed by atoms with Crippen molar-refractivity contribution in [2.45, 2.75) is 0 Å². The van der Waals surface area contributed by atoms with Crippen LogP contribution in [0.25, 0.3) is 0 Å². The Morgan fingerprint density at radius 2 is 1.85 bits per heavy atom. The molecule has 2 unspecified atom stereocenters. The van der Waals surface area contributed by atoms with Crippen molar-refractivity contribution >= 4 is 30.3 Å². The lowest BCUT2D eigenvalue weighted by Crippen LogP contribution is -2.08. The average molecular weight is 219 g/mol. The Morgan fingerprint density at radius 1 is 1.23 bits per heavy atom. The third-order valence-electron chi connectivity index (χ3n) is 1.35. The lowest BCUT2D eigenvalue weighted by atomic mass is 10.3. The molecule has 0 fully saturated rings. The molecule has 72 valence electrons. The summed E-state index contributed by atoms with van der Waals surface area (Å²) in [5.41, 5.74) is 3.74. The van der Waals surface area contributed by atoms with Gasteiger partial charge in [-0.15, -0.1) is 0 Å². The molecule has 5 nitrogen and oxygen atoms in total. The van der Waals surface area contributed by atoms with E-state index in [-0.39, 0.29) is 0 Å². The molecule has 0 saturated carbocycles. The van der Waals surface area contributed by atoms with Gasteiger partial charge in [-0.2, -0.15) is 0 Å². The Kier molecular flexibility index (Phi) is 4.36. The van der Waals surface area contributed by atoms with E-state index in [0.717, 1.165) is 5.69 Å². The quantitative estimate of drug-likeness (QED) is 0.618. The van der Waals surface area contributed by atoms with E-state index < -0.39 is 0 Å². The first-order chi connectivity index (χ1) is 6.27. The van der Waals surface area contributed by atoms with E-state index in [4.69, 9.17) is 0 Å². The summed E-state index contributed by atoms with van der Waals surface area (Å²) in [6.45, 7) is 0. The summed E-state index contributed by atoms with van der Waals surface area (Å²) in [5, 5.41) is 11.3. The van der Waals surface area contributed by atoms with Gasteiger partial charge in [-0.05, 0) is 24.3 Å². The zero-order valence-corrected chi connectivity index (χ0v) is 8.95. The molecule has 13 heavy (non-hydrogen) atoms. The lowest BCUT2D eigenvalue weighted by molar-refractivity contribution is 0.376. The maximum Gasteiger partial charge on any atom is 0.0609 e. The Hall–Kier alpha value is -0.440. The van der Waals surface area contributed by atoms with Crippen LogP contribution in [-0.4, -0.2) is 0 Å². The van der Waals surface area contributed by atoms with Gasteiger partial charge in [0, 0.05) is 18.9 Å². The molecule has 0 aliphatic carbocycles. The van der Waals surface area contributed by atoms with Crippen LogP contribution in [0.4, 0.5) is 11.4 Å². The van der Waals surface area contributed by atoms with Gasteiger partial charge in [0.2, 0.25) is 0 Å². The monoisotopic (exact) mass is 219 g/mol. The second-order valence-corrected chi connectivity index (χ2v) is 2.58. The maximum absolute atomic E-state index is 10.9. The Balaban J connectivity index is 2.69. The summed E-state index contributed by atoms with van der Waals surface area (Å²) >= 11 is 0. The van der Waals surface area contributed by atoms with Gasteiger partial charge in [-0.3, -0.25) is 14.7 Å². The summed E-state index contributed by atoms with van der Waals surface area (Å²) in [7, 11) is 3.93. The zero-order valence-electron chi connectivity index (χ0n) is 6.64. The van der Waals surface area contributed by atoms with Crippen LogP contribution in [0.3, 0.4) is 0 Å². The zero-order chi connectivity index (χ0) is 9.68. The second-order valence-electron chi connectivity index (χ2n) is 2.13. The van der Waals surface area contributed by atoms with Crippen LogP contribution in [-0.2, 0) is 9.25 Å². The van der Waals surface area contributed by atoms with Crippen molar-refractivity contribution in [3.63, 3.8) is 0 Å². The summed E-state index contributed by atoms with van der Waals surface area (Å²) in [6.07, 6.45) is 0. The highest BCUT2D eigenvalue weighted by molar-refractivity contribution is 7.10. The topological polar surface area (TPSA) is 56.8 Å². The van der Waals surface area contributed by atoms with E-state index in [1.807, 2.05) is 9.47 Å². The second kappa shape index (κ2) is 5.32. The predicted molar refractivity (Wildman–Crippen MR) is 57.5 cm³/mol. The molecule has 0 saturated heterocycles. The molecule has 0 amide bonds. The molecule has 0 radical (unpaired) electrons. The number of benzene rings is 1. The Labute approximate surface area is 80.5 Å². The number of anilines is 2. The van der Waals surface area contributed by atoms with Gasteiger partial charge in [-0.1, -0.05) is 0 Å². The van der Waals surface area contributed by atoms with Gasteiger partial charge in [0.15, 0.2) is 0 Å². The van der Waals surface area contributed by atoms with Crippen molar-refractivity contribution < 1.29 is 9.25 Å². The van der Waals surface area contributed by atoms with Crippen LogP contribution < -0.4 is 10.7 Å². The standard InChI is InChI=1S/C6H9N2O3P2/c9-8(11-13)6-3-1-5(2-4-6)7-10-12/h1-4,7H,12-13H2/q-1. The highest BCUT2D eigenvalue weighted by atomic mass is 31.0. The van der Waals surface area contributed by atoms with E-state index in [9.17, 15) is 5.21 Å².